The highest BCUT2D eigenvalue weighted by Gasteiger charge is 2.15. The number of para-hydroxylation sites is 1. The van der Waals surface area contributed by atoms with Crippen LogP contribution in [0.1, 0.15) is 22.5 Å². The molecule has 2 aromatic rings. The van der Waals surface area contributed by atoms with Gasteiger partial charge >= 0.3 is 0 Å². The lowest BCUT2D eigenvalue weighted by molar-refractivity contribution is 0.0922. The van der Waals surface area contributed by atoms with E-state index in [1.807, 2.05) is 30.3 Å². The van der Waals surface area contributed by atoms with Crippen molar-refractivity contribution >= 4 is 5.91 Å². The molecule has 0 aliphatic carbocycles. The number of carbonyl (C=O) groups excluding carboxylic acids is 1. The van der Waals surface area contributed by atoms with Gasteiger partial charge in [-0.3, -0.25) is 4.79 Å². The summed E-state index contributed by atoms with van der Waals surface area (Å²) in [6.45, 7) is 1.37. The molecule has 0 spiro atoms. The minimum atomic E-state index is -0.241. The van der Waals surface area contributed by atoms with Crippen LogP contribution < -0.4 is 15.8 Å². The second-order valence-electron chi connectivity index (χ2n) is 4.27. The molecule has 106 valence electrons. The van der Waals surface area contributed by atoms with Crippen LogP contribution in [0.2, 0.25) is 0 Å². The molecule has 2 rings (SSSR count). The summed E-state index contributed by atoms with van der Waals surface area (Å²) in [5.74, 6) is 0.802. The van der Waals surface area contributed by atoms with E-state index in [4.69, 9.17) is 14.9 Å². The molecule has 3 N–H and O–H groups in total. The highest BCUT2D eigenvalue weighted by molar-refractivity contribution is 5.92. The van der Waals surface area contributed by atoms with Gasteiger partial charge in [0.15, 0.2) is 5.76 Å². The summed E-state index contributed by atoms with van der Waals surface area (Å²) in [4.78, 5) is 11.9. The summed E-state index contributed by atoms with van der Waals surface area (Å²) in [6, 6.07) is 11.2. The van der Waals surface area contributed by atoms with Crippen molar-refractivity contribution in [3.63, 3.8) is 0 Å². The molecule has 5 nitrogen and oxygen atoms in total. The Hall–Kier alpha value is -2.27. The predicted octanol–water partition coefficient (Wildman–Crippen LogP) is 1.94. The molecule has 0 radical (unpaired) electrons. The number of ether oxygens (including phenoxy) is 1. The number of amides is 1. The summed E-state index contributed by atoms with van der Waals surface area (Å²) < 4.78 is 10.8. The lowest BCUT2D eigenvalue weighted by Gasteiger charge is -2.06. The largest absolute Gasteiger partial charge is 0.489 e. The van der Waals surface area contributed by atoms with Crippen LogP contribution in [0.4, 0.5) is 0 Å². The first-order valence-electron chi connectivity index (χ1n) is 6.53. The van der Waals surface area contributed by atoms with Gasteiger partial charge in [0.2, 0.25) is 0 Å². The Labute approximate surface area is 117 Å². The Bertz CT molecular complexity index is 537. The third-order valence-electron chi connectivity index (χ3n) is 2.76. The second kappa shape index (κ2) is 7.35. The van der Waals surface area contributed by atoms with Crippen molar-refractivity contribution in [3.05, 3.63) is 54.0 Å². The molecule has 1 aromatic carbocycles. The van der Waals surface area contributed by atoms with Gasteiger partial charge in [-0.15, -0.1) is 0 Å². The summed E-state index contributed by atoms with van der Waals surface area (Å²) in [6.07, 6.45) is 2.23. The van der Waals surface area contributed by atoms with Crippen LogP contribution in [-0.2, 0) is 6.61 Å². The molecule has 20 heavy (non-hydrogen) atoms. The predicted molar refractivity (Wildman–Crippen MR) is 75.5 cm³/mol. The van der Waals surface area contributed by atoms with E-state index in [1.165, 1.54) is 6.26 Å². The van der Waals surface area contributed by atoms with Gasteiger partial charge in [0.05, 0.1) is 6.26 Å². The fourth-order valence-electron chi connectivity index (χ4n) is 1.71. The van der Waals surface area contributed by atoms with Gasteiger partial charge in [-0.05, 0) is 31.2 Å². The van der Waals surface area contributed by atoms with E-state index in [0.29, 0.717) is 19.7 Å². The van der Waals surface area contributed by atoms with E-state index >= 15 is 0 Å². The van der Waals surface area contributed by atoms with Gasteiger partial charge in [0.25, 0.3) is 5.91 Å². The number of hydrogen-bond acceptors (Lipinski definition) is 4. The molecule has 0 aliphatic heterocycles. The Kier molecular flexibility index (Phi) is 5.20. The third kappa shape index (κ3) is 3.86. The molecule has 1 amide bonds. The van der Waals surface area contributed by atoms with Crippen LogP contribution in [0.25, 0.3) is 0 Å². The Morgan fingerprint density at radius 2 is 2.05 bits per heavy atom. The van der Waals surface area contributed by atoms with Crippen molar-refractivity contribution < 1.29 is 13.9 Å². The fraction of sp³-hybridized carbons (Fsp3) is 0.267. The van der Waals surface area contributed by atoms with Gasteiger partial charge in [0.1, 0.15) is 12.4 Å². The fourth-order valence-corrected chi connectivity index (χ4v) is 1.71. The Morgan fingerprint density at radius 1 is 1.25 bits per heavy atom. The molecule has 1 heterocycles. The van der Waals surface area contributed by atoms with Gasteiger partial charge in [-0.25, -0.2) is 0 Å². The van der Waals surface area contributed by atoms with E-state index < -0.39 is 0 Å². The Morgan fingerprint density at radius 3 is 2.80 bits per heavy atom. The number of benzene rings is 1. The Balaban J connectivity index is 1.93. The standard InChI is InChI=1S/C15H18N2O3/c16-8-4-9-17-15(18)14-12(7-10-19-14)11-20-13-5-2-1-3-6-13/h1-3,5-7,10H,4,8-9,11,16H2,(H,17,18). The monoisotopic (exact) mass is 274 g/mol. The van der Waals surface area contributed by atoms with E-state index in [-0.39, 0.29) is 11.7 Å². The lowest BCUT2D eigenvalue weighted by atomic mass is 10.2. The molecule has 0 bridgehead atoms. The summed E-state index contributed by atoms with van der Waals surface area (Å²) in [5, 5.41) is 2.76. The van der Waals surface area contributed by atoms with Crippen LogP contribution in [0.15, 0.2) is 47.1 Å². The molecule has 0 fully saturated rings. The maximum atomic E-state index is 11.9. The normalized spacial score (nSPS) is 10.2. The van der Waals surface area contributed by atoms with Gasteiger partial charge < -0.3 is 20.2 Å². The van der Waals surface area contributed by atoms with Crippen molar-refractivity contribution in [1.29, 1.82) is 0 Å². The van der Waals surface area contributed by atoms with Crippen molar-refractivity contribution in [2.24, 2.45) is 5.73 Å². The number of rotatable bonds is 7. The number of furan rings is 1. The van der Waals surface area contributed by atoms with Gasteiger partial charge in [0, 0.05) is 12.1 Å². The van der Waals surface area contributed by atoms with Crippen LogP contribution in [0.3, 0.4) is 0 Å². The van der Waals surface area contributed by atoms with Crippen molar-refractivity contribution in [2.75, 3.05) is 13.1 Å². The zero-order chi connectivity index (χ0) is 14.2. The second-order valence-corrected chi connectivity index (χ2v) is 4.27. The average Bonchev–Trinajstić information content (AvgIpc) is 2.95. The smallest absolute Gasteiger partial charge is 0.287 e. The van der Waals surface area contributed by atoms with E-state index in [9.17, 15) is 4.79 Å². The molecule has 1 aromatic heterocycles. The molecule has 0 unspecified atom stereocenters. The minimum absolute atomic E-state index is 0.241. The molecular weight excluding hydrogens is 256 g/mol. The lowest BCUT2D eigenvalue weighted by Crippen LogP contribution is -2.26. The van der Waals surface area contributed by atoms with Crippen LogP contribution in [-0.4, -0.2) is 19.0 Å². The molecular formula is C15H18N2O3. The minimum Gasteiger partial charge on any atom is -0.489 e. The molecule has 0 atom stereocenters. The van der Waals surface area contributed by atoms with Gasteiger partial charge in [-0.2, -0.15) is 0 Å². The zero-order valence-corrected chi connectivity index (χ0v) is 11.2. The van der Waals surface area contributed by atoms with Crippen LogP contribution in [0, 0.1) is 0 Å². The van der Waals surface area contributed by atoms with E-state index in [0.717, 1.165) is 17.7 Å². The van der Waals surface area contributed by atoms with Crippen molar-refractivity contribution in [3.8, 4) is 5.75 Å². The number of nitrogens with one attached hydrogen (secondary N) is 1. The number of carbonyl (C=O) groups is 1. The molecule has 5 heteroatoms. The maximum Gasteiger partial charge on any atom is 0.287 e. The summed E-state index contributed by atoms with van der Waals surface area (Å²) >= 11 is 0. The highest BCUT2D eigenvalue weighted by atomic mass is 16.5. The van der Waals surface area contributed by atoms with Crippen molar-refractivity contribution in [1.82, 2.24) is 5.32 Å². The van der Waals surface area contributed by atoms with E-state index in [1.54, 1.807) is 6.07 Å². The maximum absolute atomic E-state index is 11.9. The summed E-state index contributed by atoms with van der Waals surface area (Å²) in [7, 11) is 0. The number of nitrogens with two attached hydrogens (primary N) is 1. The molecule has 0 saturated heterocycles. The molecule has 0 saturated carbocycles. The first-order chi connectivity index (χ1) is 9.81. The SMILES string of the molecule is NCCCNC(=O)c1occc1COc1ccccc1. The first-order valence-corrected chi connectivity index (χ1v) is 6.53. The van der Waals surface area contributed by atoms with E-state index in [2.05, 4.69) is 5.32 Å². The third-order valence-corrected chi connectivity index (χ3v) is 2.76. The van der Waals surface area contributed by atoms with Gasteiger partial charge in [-0.1, -0.05) is 18.2 Å². The summed E-state index contributed by atoms with van der Waals surface area (Å²) in [5.41, 5.74) is 6.10. The van der Waals surface area contributed by atoms with Crippen LogP contribution in [0.5, 0.6) is 5.75 Å². The number of hydrogen-bond donors (Lipinski definition) is 2. The van der Waals surface area contributed by atoms with Crippen LogP contribution >= 0.6 is 0 Å². The quantitative estimate of drug-likeness (QED) is 0.756. The first kappa shape index (κ1) is 14.1. The molecule has 0 aliphatic rings. The zero-order valence-electron chi connectivity index (χ0n) is 11.2. The average molecular weight is 274 g/mol. The highest BCUT2D eigenvalue weighted by Crippen LogP contribution is 2.15. The topological polar surface area (TPSA) is 77.5 Å². The van der Waals surface area contributed by atoms with Crippen molar-refractivity contribution in [2.45, 2.75) is 13.0 Å².